The lowest BCUT2D eigenvalue weighted by molar-refractivity contribution is -0.114. The van der Waals surface area contributed by atoms with E-state index in [1.165, 1.54) is 42.5 Å². The molecule has 12 heteroatoms. The SMILES string of the molecule is Cc1ccc(S(=O)(=O)N(CC(=O)Nc2ccc(S(=O)(=O)Nc3ccc(Br)cc3)cc2)c2ccc(C)c(Cl)c2)cc1. The molecule has 2 N–H and O–H groups in total. The van der Waals surface area contributed by atoms with Gasteiger partial charge < -0.3 is 5.32 Å². The van der Waals surface area contributed by atoms with Crippen LogP contribution in [0, 0.1) is 13.8 Å². The molecule has 0 spiro atoms. The molecule has 40 heavy (non-hydrogen) atoms. The summed E-state index contributed by atoms with van der Waals surface area (Å²) in [6.45, 7) is 3.09. The van der Waals surface area contributed by atoms with Gasteiger partial charge in [0.2, 0.25) is 5.91 Å². The number of hydrogen-bond donors (Lipinski definition) is 2. The highest BCUT2D eigenvalue weighted by atomic mass is 79.9. The average molecular weight is 663 g/mol. The van der Waals surface area contributed by atoms with Gasteiger partial charge in [-0.15, -0.1) is 0 Å². The maximum atomic E-state index is 13.6. The van der Waals surface area contributed by atoms with Gasteiger partial charge in [-0.1, -0.05) is 51.3 Å². The van der Waals surface area contributed by atoms with E-state index in [4.69, 9.17) is 11.6 Å². The second-order valence-corrected chi connectivity index (χ2v) is 13.8. The predicted octanol–water partition coefficient (Wildman–Crippen LogP) is 6.35. The number of anilines is 3. The Hall–Kier alpha value is -3.38. The zero-order chi connectivity index (χ0) is 29.1. The van der Waals surface area contributed by atoms with Crippen molar-refractivity contribution in [1.82, 2.24) is 0 Å². The van der Waals surface area contributed by atoms with Gasteiger partial charge in [0.25, 0.3) is 20.0 Å². The monoisotopic (exact) mass is 661 g/mol. The number of benzene rings is 4. The molecule has 8 nitrogen and oxygen atoms in total. The molecular weight excluding hydrogens is 638 g/mol. The van der Waals surface area contributed by atoms with Crippen LogP contribution in [-0.4, -0.2) is 29.3 Å². The fourth-order valence-electron chi connectivity index (χ4n) is 3.67. The van der Waals surface area contributed by atoms with E-state index in [2.05, 4.69) is 26.0 Å². The second kappa shape index (κ2) is 12.0. The Morgan fingerprint density at radius 3 is 1.98 bits per heavy atom. The number of carbonyl (C=O) groups is 1. The third-order valence-electron chi connectivity index (χ3n) is 5.88. The van der Waals surface area contributed by atoms with Gasteiger partial charge >= 0.3 is 0 Å². The molecule has 0 heterocycles. The number of carbonyl (C=O) groups excluding carboxylic acids is 1. The summed E-state index contributed by atoms with van der Waals surface area (Å²) in [7, 11) is -7.99. The molecule has 0 saturated carbocycles. The molecule has 0 radical (unpaired) electrons. The van der Waals surface area contributed by atoms with E-state index in [0.29, 0.717) is 16.4 Å². The molecular formula is C28H25BrClN3O5S2. The van der Waals surface area contributed by atoms with Crippen LogP contribution in [0.15, 0.2) is 105 Å². The Labute approximate surface area is 247 Å². The molecule has 4 aromatic rings. The van der Waals surface area contributed by atoms with Gasteiger partial charge in [-0.3, -0.25) is 13.8 Å². The number of amides is 1. The van der Waals surface area contributed by atoms with Crippen molar-refractivity contribution in [3.05, 3.63) is 112 Å². The molecule has 0 bridgehead atoms. The quantitative estimate of drug-likeness (QED) is 0.217. The number of hydrogen-bond acceptors (Lipinski definition) is 5. The smallest absolute Gasteiger partial charge is 0.264 e. The molecule has 0 fully saturated rings. The van der Waals surface area contributed by atoms with E-state index < -0.39 is 32.5 Å². The highest BCUT2D eigenvalue weighted by Crippen LogP contribution is 2.28. The zero-order valence-corrected chi connectivity index (χ0v) is 25.4. The molecule has 0 aromatic heterocycles. The molecule has 0 aliphatic rings. The van der Waals surface area contributed by atoms with E-state index >= 15 is 0 Å². The van der Waals surface area contributed by atoms with Crippen LogP contribution < -0.4 is 14.3 Å². The van der Waals surface area contributed by atoms with Crippen molar-refractivity contribution in [3.63, 3.8) is 0 Å². The fraction of sp³-hybridized carbons (Fsp3) is 0.107. The normalized spacial score (nSPS) is 11.6. The van der Waals surface area contributed by atoms with Crippen LogP contribution in [0.4, 0.5) is 17.1 Å². The Balaban J connectivity index is 1.54. The fourth-order valence-corrected chi connectivity index (χ4v) is 6.58. The molecule has 0 aliphatic heterocycles. The van der Waals surface area contributed by atoms with Crippen LogP contribution in [0.5, 0.6) is 0 Å². The number of rotatable bonds is 9. The van der Waals surface area contributed by atoms with Crippen LogP contribution in [0.1, 0.15) is 11.1 Å². The van der Waals surface area contributed by atoms with Crippen molar-refractivity contribution in [1.29, 1.82) is 0 Å². The van der Waals surface area contributed by atoms with E-state index in [-0.39, 0.29) is 15.5 Å². The summed E-state index contributed by atoms with van der Waals surface area (Å²) in [6, 6.07) is 23.3. The lowest BCUT2D eigenvalue weighted by Crippen LogP contribution is -2.38. The third kappa shape index (κ3) is 7.03. The summed E-state index contributed by atoms with van der Waals surface area (Å²) in [4.78, 5) is 13.1. The van der Waals surface area contributed by atoms with E-state index in [1.54, 1.807) is 55.5 Å². The molecule has 0 aliphatic carbocycles. The summed E-state index contributed by atoms with van der Waals surface area (Å²) < 4.78 is 56.9. The van der Waals surface area contributed by atoms with Gasteiger partial charge in [0.15, 0.2) is 0 Å². The van der Waals surface area contributed by atoms with Crippen LogP contribution in [0.3, 0.4) is 0 Å². The minimum Gasteiger partial charge on any atom is -0.325 e. The van der Waals surface area contributed by atoms with Crippen LogP contribution in [-0.2, 0) is 24.8 Å². The highest BCUT2D eigenvalue weighted by Gasteiger charge is 2.28. The van der Waals surface area contributed by atoms with E-state index in [0.717, 1.165) is 19.9 Å². The molecule has 4 aromatic carbocycles. The van der Waals surface area contributed by atoms with Crippen molar-refractivity contribution in [2.24, 2.45) is 0 Å². The Morgan fingerprint density at radius 2 is 1.38 bits per heavy atom. The lowest BCUT2D eigenvalue weighted by Gasteiger charge is -2.24. The Kier molecular flexibility index (Phi) is 8.89. The first-order chi connectivity index (χ1) is 18.8. The van der Waals surface area contributed by atoms with E-state index in [1.807, 2.05) is 6.92 Å². The number of sulfonamides is 2. The largest absolute Gasteiger partial charge is 0.325 e. The first kappa shape index (κ1) is 29.6. The highest BCUT2D eigenvalue weighted by molar-refractivity contribution is 9.10. The second-order valence-electron chi connectivity index (χ2n) is 8.94. The maximum Gasteiger partial charge on any atom is 0.264 e. The van der Waals surface area contributed by atoms with Crippen LogP contribution in [0.25, 0.3) is 0 Å². The lowest BCUT2D eigenvalue weighted by atomic mass is 10.2. The average Bonchev–Trinajstić information content (AvgIpc) is 2.91. The summed E-state index contributed by atoms with van der Waals surface area (Å²) >= 11 is 9.57. The molecule has 4 rings (SSSR count). The topological polar surface area (TPSA) is 113 Å². The summed E-state index contributed by atoms with van der Waals surface area (Å²) in [6.07, 6.45) is 0. The molecule has 1 amide bonds. The van der Waals surface area contributed by atoms with Crippen LogP contribution in [0.2, 0.25) is 5.02 Å². The summed E-state index contributed by atoms with van der Waals surface area (Å²) in [5.74, 6) is -0.629. The Bertz CT molecular complexity index is 1750. The van der Waals surface area contributed by atoms with E-state index in [9.17, 15) is 21.6 Å². The predicted molar refractivity (Wildman–Crippen MR) is 162 cm³/mol. The van der Waals surface area contributed by atoms with Gasteiger partial charge in [-0.25, -0.2) is 16.8 Å². The number of nitrogens with one attached hydrogen (secondary N) is 2. The molecule has 0 unspecified atom stereocenters. The molecule has 0 saturated heterocycles. The van der Waals surface area contributed by atoms with Crippen molar-refractivity contribution in [3.8, 4) is 0 Å². The standard InChI is InChI=1S/C28H25BrClN3O5S2/c1-19-3-13-26(14-4-19)40(37,38)33(24-12-5-20(2)27(30)17-24)18-28(34)31-22-10-15-25(16-11-22)39(35,36)32-23-8-6-21(29)7-9-23/h3-17,32H,18H2,1-2H3,(H,31,34). The van der Waals surface area contributed by atoms with Gasteiger partial charge in [0.05, 0.1) is 15.5 Å². The third-order valence-corrected chi connectivity index (χ3v) is 10.0. The maximum absolute atomic E-state index is 13.6. The minimum atomic E-state index is -4.12. The molecule has 0 atom stereocenters. The number of nitrogens with zero attached hydrogens (tertiary/aromatic N) is 1. The van der Waals surface area contributed by atoms with Gasteiger partial charge in [0.1, 0.15) is 6.54 Å². The molecule has 208 valence electrons. The van der Waals surface area contributed by atoms with Crippen molar-refractivity contribution >= 4 is 70.5 Å². The van der Waals surface area contributed by atoms with Gasteiger partial charge in [-0.05, 0) is 92.2 Å². The summed E-state index contributed by atoms with van der Waals surface area (Å²) in [5.41, 5.74) is 2.56. The first-order valence-electron chi connectivity index (χ1n) is 11.9. The van der Waals surface area contributed by atoms with Crippen molar-refractivity contribution in [2.75, 3.05) is 20.9 Å². The minimum absolute atomic E-state index is 0.00806. The summed E-state index contributed by atoms with van der Waals surface area (Å²) in [5, 5.41) is 2.99. The first-order valence-corrected chi connectivity index (χ1v) is 16.0. The van der Waals surface area contributed by atoms with Crippen molar-refractivity contribution < 1.29 is 21.6 Å². The number of aryl methyl sites for hydroxylation is 2. The zero-order valence-electron chi connectivity index (χ0n) is 21.4. The van der Waals surface area contributed by atoms with Gasteiger partial charge in [0, 0.05) is 20.9 Å². The van der Waals surface area contributed by atoms with Crippen molar-refractivity contribution in [2.45, 2.75) is 23.6 Å². The Morgan fingerprint density at radius 1 is 0.800 bits per heavy atom. The van der Waals surface area contributed by atoms with Gasteiger partial charge in [-0.2, -0.15) is 0 Å². The van der Waals surface area contributed by atoms with Crippen LogP contribution >= 0.6 is 27.5 Å². The number of halogens is 2.